The summed E-state index contributed by atoms with van der Waals surface area (Å²) in [5.41, 5.74) is -0.141. The summed E-state index contributed by atoms with van der Waals surface area (Å²) in [6, 6.07) is 7.80. The number of hydrogen-bond donors (Lipinski definition) is 2. The lowest BCUT2D eigenvalue weighted by Gasteiger charge is -2.40. The largest absolute Gasteiger partial charge is 0.456 e. The third-order valence-corrected chi connectivity index (χ3v) is 5.90. The van der Waals surface area contributed by atoms with Crippen molar-refractivity contribution in [3.63, 3.8) is 0 Å². The van der Waals surface area contributed by atoms with Gasteiger partial charge in [0.2, 0.25) is 11.5 Å². The number of nitrogens with one attached hydrogen (secondary N) is 2. The molecule has 0 spiro atoms. The van der Waals surface area contributed by atoms with Crippen molar-refractivity contribution in [1.82, 2.24) is 14.9 Å². The van der Waals surface area contributed by atoms with E-state index in [4.69, 9.17) is 4.74 Å². The van der Waals surface area contributed by atoms with E-state index in [0.717, 1.165) is 6.07 Å². The number of amides is 1. The van der Waals surface area contributed by atoms with E-state index in [1.807, 2.05) is 0 Å². The van der Waals surface area contributed by atoms with Crippen molar-refractivity contribution >= 4 is 11.7 Å². The predicted molar refractivity (Wildman–Crippen MR) is 120 cm³/mol. The molecule has 3 aromatic rings. The van der Waals surface area contributed by atoms with Crippen LogP contribution in [0.25, 0.3) is 0 Å². The van der Waals surface area contributed by atoms with E-state index in [2.05, 4.69) is 15.3 Å². The molecule has 1 saturated heterocycles. The number of H-pyrrole nitrogens is 1. The summed E-state index contributed by atoms with van der Waals surface area (Å²) in [6.45, 7) is 1.36. The van der Waals surface area contributed by atoms with Crippen molar-refractivity contribution in [2.45, 2.75) is 31.2 Å². The van der Waals surface area contributed by atoms with Crippen LogP contribution in [-0.2, 0) is 4.79 Å². The summed E-state index contributed by atoms with van der Waals surface area (Å²) < 4.78 is 62.2. The molecule has 1 amide bonds. The molecule has 184 valence electrons. The van der Waals surface area contributed by atoms with E-state index in [1.165, 1.54) is 55.7 Å². The van der Waals surface area contributed by atoms with E-state index in [9.17, 15) is 27.2 Å². The number of pyridine rings is 2. The fourth-order valence-corrected chi connectivity index (χ4v) is 3.86. The standard InChI is InChI=1S/C24H22F4N4O3/c1-14(32-9-8-24(27,28)19(13-32)15-2-7-21(33)29-11-15)23(34)31-22-20(26)10-18(12-30-22)35-17-5-3-16(25)4-6-17/h2-7,10-12,14,19H,8-9,13H2,1H3,(H,29,33)(H,30,31,34)/t14?,19-/m1/s1. The minimum absolute atomic E-state index is 0.0399. The summed E-state index contributed by atoms with van der Waals surface area (Å²) in [5, 5.41) is 2.38. The Morgan fingerprint density at radius 3 is 2.60 bits per heavy atom. The Balaban J connectivity index is 1.42. The van der Waals surface area contributed by atoms with E-state index in [-0.39, 0.29) is 36.0 Å². The maximum atomic E-state index is 14.6. The molecule has 35 heavy (non-hydrogen) atoms. The first-order chi connectivity index (χ1) is 16.6. The Morgan fingerprint density at radius 2 is 1.94 bits per heavy atom. The van der Waals surface area contributed by atoms with Crippen molar-refractivity contribution < 1.29 is 27.1 Å². The molecular formula is C24H22F4N4O3. The van der Waals surface area contributed by atoms with E-state index >= 15 is 0 Å². The average Bonchev–Trinajstić information content (AvgIpc) is 2.82. The predicted octanol–water partition coefficient (Wildman–Crippen LogP) is 4.29. The van der Waals surface area contributed by atoms with Gasteiger partial charge in [-0.15, -0.1) is 0 Å². The zero-order valence-electron chi connectivity index (χ0n) is 18.6. The lowest BCUT2D eigenvalue weighted by Crippen LogP contribution is -2.52. The molecule has 1 unspecified atom stereocenters. The van der Waals surface area contributed by atoms with Gasteiger partial charge in [-0.3, -0.25) is 14.5 Å². The molecule has 0 bridgehead atoms. The average molecular weight is 490 g/mol. The second-order valence-electron chi connectivity index (χ2n) is 8.27. The quantitative estimate of drug-likeness (QED) is 0.504. The zero-order valence-corrected chi connectivity index (χ0v) is 18.6. The van der Waals surface area contributed by atoms with Crippen LogP contribution in [0, 0.1) is 11.6 Å². The summed E-state index contributed by atoms with van der Waals surface area (Å²) in [7, 11) is 0. The van der Waals surface area contributed by atoms with Gasteiger partial charge in [-0.1, -0.05) is 6.07 Å². The molecule has 1 aliphatic rings. The maximum Gasteiger partial charge on any atom is 0.257 e. The third kappa shape index (κ3) is 5.68. The molecule has 0 saturated carbocycles. The summed E-state index contributed by atoms with van der Waals surface area (Å²) in [6.07, 6.45) is 1.97. The van der Waals surface area contributed by atoms with Gasteiger partial charge in [-0.05, 0) is 36.8 Å². The summed E-state index contributed by atoms with van der Waals surface area (Å²) >= 11 is 0. The van der Waals surface area contributed by atoms with Crippen molar-refractivity contribution in [2.24, 2.45) is 0 Å². The van der Waals surface area contributed by atoms with Gasteiger partial charge >= 0.3 is 0 Å². The van der Waals surface area contributed by atoms with E-state index in [0.29, 0.717) is 0 Å². The Morgan fingerprint density at radius 1 is 1.20 bits per heavy atom. The molecule has 1 fully saturated rings. The van der Waals surface area contributed by atoms with Crippen LogP contribution in [0.15, 0.2) is 59.7 Å². The number of carbonyl (C=O) groups excluding carboxylic acids is 1. The van der Waals surface area contributed by atoms with E-state index in [1.54, 1.807) is 4.90 Å². The van der Waals surface area contributed by atoms with Gasteiger partial charge in [-0.2, -0.15) is 0 Å². The fourth-order valence-electron chi connectivity index (χ4n) is 3.86. The number of piperidine rings is 1. The van der Waals surface area contributed by atoms with Crippen molar-refractivity contribution in [3.05, 3.63) is 82.4 Å². The number of alkyl halides is 2. The van der Waals surface area contributed by atoms with Gasteiger partial charge in [0.25, 0.3) is 5.92 Å². The highest BCUT2D eigenvalue weighted by atomic mass is 19.3. The second-order valence-corrected chi connectivity index (χ2v) is 8.27. The number of halogens is 4. The lowest BCUT2D eigenvalue weighted by atomic mass is 9.87. The van der Waals surface area contributed by atoms with Crippen LogP contribution in [0.4, 0.5) is 23.4 Å². The first kappa shape index (κ1) is 24.4. The Hall–Kier alpha value is -3.73. The number of aromatic nitrogens is 2. The van der Waals surface area contributed by atoms with Crippen LogP contribution in [0.1, 0.15) is 24.8 Å². The number of aromatic amines is 1. The van der Waals surface area contributed by atoms with Crippen LogP contribution < -0.4 is 15.6 Å². The van der Waals surface area contributed by atoms with Crippen LogP contribution in [-0.4, -0.2) is 45.8 Å². The third-order valence-electron chi connectivity index (χ3n) is 5.90. The number of benzene rings is 1. The molecule has 7 nitrogen and oxygen atoms in total. The molecule has 2 aromatic heterocycles. The summed E-state index contributed by atoms with van der Waals surface area (Å²) in [5.74, 6) is -6.18. The van der Waals surface area contributed by atoms with Crippen molar-refractivity contribution in [2.75, 3.05) is 18.4 Å². The first-order valence-corrected chi connectivity index (χ1v) is 10.8. The number of rotatable bonds is 6. The number of likely N-dealkylation sites (tertiary alicyclic amines) is 1. The van der Waals surface area contributed by atoms with Gasteiger partial charge in [0.1, 0.15) is 17.3 Å². The summed E-state index contributed by atoms with van der Waals surface area (Å²) in [4.78, 5) is 31.9. The van der Waals surface area contributed by atoms with Crippen LogP contribution >= 0.6 is 0 Å². The zero-order chi connectivity index (χ0) is 25.2. The molecule has 2 atom stereocenters. The van der Waals surface area contributed by atoms with Gasteiger partial charge < -0.3 is 15.0 Å². The molecule has 2 N–H and O–H groups in total. The molecule has 11 heteroatoms. The lowest BCUT2D eigenvalue weighted by molar-refractivity contribution is -0.125. The van der Waals surface area contributed by atoms with Gasteiger partial charge in [0.15, 0.2) is 11.6 Å². The number of carbonyl (C=O) groups is 1. The minimum atomic E-state index is -3.01. The number of ether oxygens (including phenoxy) is 1. The molecule has 1 aliphatic heterocycles. The smallest absolute Gasteiger partial charge is 0.257 e. The van der Waals surface area contributed by atoms with Crippen LogP contribution in [0.2, 0.25) is 0 Å². The van der Waals surface area contributed by atoms with Crippen molar-refractivity contribution in [3.8, 4) is 11.5 Å². The molecule has 1 aromatic carbocycles. The van der Waals surface area contributed by atoms with Gasteiger partial charge in [-0.25, -0.2) is 22.5 Å². The van der Waals surface area contributed by atoms with Gasteiger partial charge in [0, 0.05) is 37.8 Å². The number of nitrogens with zero attached hydrogens (tertiary/aromatic N) is 2. The Kier molecular flexibility index (Phi) is 6.88. The van der Waals surface area contributed by atoms with E-state index < -0.39 is 47.4 Å². The fraction of sp³-hybridized carbons (Fsp3) is 0.292. The topological polar surface area (TPSA) is 87.3 Å². The highest BCUT2D eigenvalue weighted by Crippen LogP contribution is 2.40. The highest BCUT2D eigenvalue weighted by Gasteiger charge is 2.46. The first-order valence-electron chi connectivity index (χ1n) is 10.8. The maximum absolute atomic E-state index is 14.6. The Labute approximate surface area is 197 Å². The highest BCUT2D eigenvalue weighted by molar-refractivity contribution is 5.93. The second kappa shape index (κ2) is 9.87. The molecule has 0 radical (unpaired) electrons. The monoisotopic (exact) mass is 490 g/mol. The van der Waals surface area contributed by atoms with Gasteiger partial charge in [0.05, 0.1) is 18.2 Å². The molecule has 0 aliphatic carbocycles. The number of anilines is 1. The Bertz CT molecular complexity index is 1250. The normalized spacial score (nSPS) is 18.6. The molecule has 3 heterocycles. The SMILES string of the molecule is CC(C(=O)Nc1ncc(Oc2ccc(F)cc2)cc1F)N1CCC(F)(F)[C@@H](c2ccc(=O)[nH]c2)C1. The molecule has 4 rings (SSSR count). The minimum Gasteiger partial charge on any atom is -0.456 e. The van der Waals surface area contributed by atoms with Crippen LogP contribution in [0.3, 0.4) is 0 Å². The molecular weight excluding hydrogens is 468 g/mol. The van der Waals surface area contributed by atoms with Crippen molar-refractivity contribution in [1.29, 1.82) is 0 Å². The number of hydrogen-bond acceptors (Lipinski definition) is 5. The van der Waals surface area contributed by atoms with Crippen LogP contribution in [0.5, 0.6) is 11.5 Å².